The fourth-order valence-electron chi connectivity index (χ4n) is 1.94. The van der Waals surface area contributed by atoms with Crippen molar-refractivity contribution < 1.29 is 4.92 Å². The number of nitrogens with one attached hydrogen (secondary N) is 1. The lowest BCUT2D eigenvalue weighted by atomic mass is 10.2. The van der Waals surface area contributed by atoms with Crippen molar-refractivity contribution in [2.24, 2.45) is 5.84 Å². The molecule has 1 aromatic heterocycles. The molecular formula is C13H16N6O2. The quantitative estimate of drug-likeness (QED) is 0.492. The zero-order chi connectivity index (χ0) is 15.4. The number of rotatable bonds is 5. The molecule has 0 saturated carbocycles. The minimum absolute atomic E-state index is 0.126. The Labute approximate surface area is 121 Å². The number of nitro groups is 1. The number of nitrogens with two attached hydrogens (primary N) is 1. The van der Waals surface area contributed by atoms with Gasteiger partial charge in [0.25, 0.3) is 0 Å². The first-order valence-electron chi connectivity index (χ1n) is 6.39. The maximum absolute atomic E-state index is 11.2. The lowest BCUT2D eigenvalue weighted by molar-refractivity contribution is -0.384. The van der Waals surface area contributed by atoms with Gasteiger partial charge in [-0.1, -0.05) is 17.7 Å². The van der Waals surface area contributed by atoms with Gasteiger partial charge in [0.2, 0.25) is 11.8 Å². The lowest BCUT2D eigenvalue weighted by Gasteiger charge is -2.22. The number of nitrogens with zero attached hydrogens (tertiary/aromatic N) is 4. The highest BCUT2D eigenvalue weighted by Gasteiger charge is 2.23. The molecule has 110 valence electrons. The molecule has 3 N–H and O–H groups in total. The van der Waals surface area contributed by atoms with Gasteiger partial charge in [0.1, 0.15) is 6.20 Å². The molecule has 1 aromatic carbocycles. The smallest absolute Gasteiger partial charge is 0.321 e. The summed E-state index contributed by atoms with van der Waals surface area (Å²) in [5, 5.41) is 11.2. The van der Waals surface area contributed by atoms with Gasteiger partial charge in [0.05, 0.1) is 4.92 Å². The van der Waals surface area contributed by atoms with Crippen molar-refractivity contribution in [1.29, 1.82) is 0 Å². The van der Waals surface area contributed by atoms with E-state index in [0.717, 1.165) is 17.4 Å². The van der Waals surface area contributed by atoms with Gasteiger partial charge in [-0.3, -0.25) is 15.5 Å². The summed E-state index contributed by atoms with van der Waals surface area (Å²) >= 11 is 0. The fourth-order valence-corrected chi connectivity index (χ4v) is 1.94. The highest BCUT2D eigenvalue weighted by molar-refractivity contribution is 5.68. The Morgan fingerprint density at radius 3 is 2.57 bits per heavy atom. The van der Waals surface area contributed by atoms with Crippen LogP contribution in [0.4, 0.5) is 23.1 Å². The largest absolute Gasteiger partial charge is 0.330 e. The Kier molecular flexibility index (Phi) is 4.29. The Morgan fingerprint density at radius 1 is 1.38 bits per heavy atom. The number of hydrogen-bond donors (Lipinski definition) is 2. The Bertz CT molecular complexity index is 644. The second-order valence-corrected chi connectivity index (χ2v) is 4.38. The number of aromatic nitrogens is 2. The summed E-state index contributed by atoms with van der Waals surface area (Å²) in [7, 11) is 0. The molecule has 8 nitrogen and oxygen atoms in total. The standard InChI is InChI=1S/C13H16N6O2/c1-3-18(10-6-4-9(2)5-7-10)12-11(19(20)21)8-15-13(16-12)17-14/h4-8H,3,14H2,1-2H3,(H,15,16,17). The summed E-state index contributed by atoms with van der Waals surface area (Å²) in [6.07, 6.45) is 1.15. The third-order valence-electron chi connectivity index (χ3n) is 2.99. The summed E-state index contributed by atoms with van der Waals surface area (Å²) in [5.41, 5.74) is 4.05. The summed E-state index contributed by atoms with van der Waals surface area (Å²) in [6.45, 7) is 4.38. The molecule has 0 fully saturated rings. The molecule has 1 heterocycles. The van der Waals surface area contributed by atoms with E-state index in [-0.39, 0.29) is 17.5 Å². The van der Waals surface area contributed by atoms with Crippen LogP contribution in [0, 0.1) is 17.0 Å². The monoisotopic (exact) mass is 288 g/mol. The van der Waals surface area contributed by atoms with Crippen LogP contribution in [0.1, 0.15) is 12.5 Å². The maximum atomic E-state index is 11.2. The van der Waals surface area contributed by atoms with Crippen molar-refractivity contribution in [1.82, 2.24) is 9.97 Å². The highest BCUT2D eigenvalue weighted by Crippen LogP contribution is 2.31. The van der Waals surface area contributed by atoms with Crippen LogP contribution in [-0.2, 0) is 0 Å². The first-order chi connectivity index (χ1) is 10.1. The van der Waals surface area contributed by atoms with E-state index in [1.54, 1.807) is 4.90 Å². The first-order valence-corrected chi connectivity index (χ1v) is 6.39. The van der Waals surface area contributed by atoms with Crippen molar-refractivity contribution in [3.8, 4) is 0 Å². The Balaban J connectivity index is 2.54. The van der Waals surface area contributed by atoms with E-state index in [9.17, 15) is 10.1 Å². The Hall–Kier alpha value is -2.74. The molecular weight excluding hydrogens is 272 g/mol. The second kappa shape index (κ2) is 6.14. The predicted octanol–water partition coefficient (Wildman–Crippen LogP) is 2.14. The van der Waals surface area contributed by atoms with Gasteiger partial charge in [0, 0.05) is 12.2 Å². The highest BCUT2D eigenvalue weighted by atomic mass is 16.6. The summed E-state index contributed by atoms with van der Waals surface area (Å²) in [6, 6.07) is 7.65. The summed E-state index contributed by atoms with van der Waals surface area (Å²) in [4.78, 5) is 20.3. The van der Waals surface area contributed by atoms with E-state index in [1.165, 1.54) is 0 Å². The SMILES string of the molecule is CCN(c1ccc(C)cc1)c1nc(NN)ncc1[N+](=O)[O-]. The van der Waals surface area contributed by atoms with Gasteiger partial charge in [-0.05, 0) is 26.0 Å². The lowest BCUT2D eigenvalue weighted by Crippen LogP contribution is -2.21. The van der Waals surface area contributed by atoms with E-state index in [2.05, 4.69) is 15.4 Å². The molecule has 0 unspecified atom stereocenters. The van der Waals surface area contributed by atoms with Crippen LogP contribution in [0.5, 0.6) is 0 Å². The molecule has 0 atom stereocenters. The van der Waals surface area contributed by atoms with Crippen molar-refractivity contribution in [2.45, 2.75) is 13.8 Å². The minimum Gasteiger partial charge on any atom is -0.321 e. The zero-order valence-corrected chi connectivity index (χ0v) is 11.8. The van der Waals surface area contributed by atoms with Crippen LogP contribution in [0.3, 0.4) is 0 Å². The number of nitrogen functional groups attached to an aromatic ring is 1. The second-order valence-electron chi connectivity index (χ2n) is 4.38. The molecule has 0 spiro atoms. The molecule has 0 saturated heterocycles. The van der Waals surface area contributed by atoms with Gasteiger partial charge in [0.15, 0.2) is 0 Å². The van der Waals surface area contributed by atoms with Gasteiger partial charge < -0.3 is 4.90 Å². The fraction of sp³-hybridized carbons (Fsp3) is 0.231. The topological polar surface area (TPSA) is 110 Å². The number of hydrazine groups is 1. The van der Waals surface area contributed by atoms with Crippen LogP contribution in [0.15, 0.2) is 30.5 Å². The van der Waals surface area contributed by atoms with Crippen molar-refractivity contribution in [3.63, 3.8) is 0 Å². The van der Waals surface area contributed by atoms with E-state index in [4.69, 9.17) is 5.84 Å². The predicted molar refractivity (Wildman–Crippen MR) is 80.4 cm³/mol. The van der Waals surface area contributed by atoms with Crippen LogP contribution in [0.25, 0.3) is 0 Å². The minimum atomic E-state index is -0.507. The van der Waals surface area contributed by atoms with Crippen LogP contribution in [0.2, 0.25) is 0 Å². The number of aryl methyl sites for hydroxylation is 1. The molecule has 21 heavy (non-hydrogen) atoms. The van der Waals surface area contributed by atoms with Gasteiger partial charge >= 0.3 is 5.69 Å². The molecule has 0 aliphatic carbocycles. The zero-order valence-electron chi connectivity index (χ0n) is 11.8. The van der Waals surface area contributed by atoms with Crippen LogP contribution >= 0.6 is 0 Å². The van der Waals surface area contributed by atoms with Crippen LogP contribution in [-0.4, -0.2) is 21.4 Å². The maximum Gasteiger partial charge on any atom is 0.330 e. The van der Waals surface area contributed by atoms with Gasteiger partial charge in [-0.15, -0.1) is 0 Å². The first kappa shape index (κ1) is 14.7. The van der Waals surface area contributed by atoms with E-state index in [1.807, 2.05) is 38.1 Å². The number of benzene rings is 1. The van der Waals surface area contributed by atoms with Crippen LogP contribution < -0.4 is 16.2 Å². The molecule has 2 aromatic rings. The molecule has 0 aliphatic rings. The van der Waals surface area contributed by atoms with Crippen molar-refractivity contribution in [3.05, 3.63) is 46.1 Å². The average molecular weight is 288 g/mol. The third kappa shape index (κ3) is 3.06. The molecule has 0 amide bonds. The molecule has 0 radical (unpaired) electrons. The molecule has 8 heteroatoms. The summed E-state index contributed by atoms with van der Waals surface area (Å²) in [5.74, 6) is 5.61. The van der Waals surface area contributed by atoms with E-state index in [0.29, 0.717) is 6.54 Å². The molecule has 0 aliphatic heterocycles. The average Bonchev–Trinajstić information content (AvgIpc) is 2.49. The number of anilines is 3. The molecule has 0 bridgehead atoms. The van der Waals surface area contributed by atoms with E-state index >= 15 is 0 Å². The normalized spacial score (nSPS) is 10.2. The number of hydrogen-bond acceptors (Lipinski definition) is 7. The van der Waals surface area contributed by atoms with Crippen molar-refractivity contribution in [2.75, 3.05) is 16.9 Å². The Morgan fingerprint density at radius 2 is 2.05 bits per heavy atom. The third-order valence-corrected chi connectivity index (χ3v) is 2.99. The van der Waals surface area contributed by atoms with Gasteiger partial charge in [-0.25, -0.2) is 10.8 Å². The van der Waals surface area contributed by atoms with Gasteiger partial charge in [-0.2, -0.15) is 4.98 Å². The molecule has 2 rings (SSSR count). The van der Waals surface area contributed by atoms with Crippen molar-refractivity contribution >= 4 is 23.1 Å². The van der Waals surface area contributed by atoms with E-state index < -0.39 is 4.92 Å². The summed E-state index contributed by atoms with van der Waals surface area (Å²) < 4.78 is 0.